The van der Waals surface area contributed by atoms with Crippen molar-refractivity contribution in [1.29, 1.82) is 0 Å². The molecule has 0 amide bonds. The molecule has 0 aliphatic rings. The lowest BCUT2D eigenvalue weighted by molar-refractivity contribution is 0.647. The molecule has 0 saturated heterocycles. The van der Waals surface area contributed by atoms with Gasteiger partial charge in [-0.05, 0) is 54.7 Å². The topological polar surface area (TPSA) is 29.3 Å². The van der Waals surface area contributed by atoms with Crippen molar-refractivity contribution in [2.24, 2.45) is 5.92 Å². The fourth-order valence-electron chi connectivity index (χ4n) is 2.41. The van der Waals surface area contributed by atoms with Crippen molar-refractivity contribution in [3.8, 4) is 0 Å². The van der Waals surface area contributed by atoms with Crippen LogP contribution in [-0.4, -0.2) is 7.05 Å². The van der Waals surface area contributed by atoms with E-state index in [1.54, 1.807) is 0 Å². The highest BCUT2D eigenvalue weighted by atomic mass is 15.1. The third-order valence-electron chi connectivity index (χ3n) is 3.51. The van der Waals surface area contributed by atoms with E-state index in [9.17, 15) is 0 Å². The van der Waals surface area contributed by atoms with E-state index >= 15 is 0 Å². The molecular weight excluding hydrogens is 244 g/mol. The molecule has 2 aromatic carbocycles. The van der Waals surface area contributed by atoms with Crippen LogP contribution in [0.1, 0.15) is 25.0 Å². The fraction of sp³-hybridized carbons (Fsp3) is 0.333. The van der Waals surface area contributed by atoms with Gasteiger partial charge in [0.2, 0.25) is 0 Å². The fourth-order valence-corrected chi connectivity index (χ4v) is 2.41. The Balaban J connectivity index is 2.24. The SMILES string of the molecule is Cc1ccc(N)c(N(C)c2ccc(CC(C)C)cc2)c1. The van der Waals surface area contributed by atoms with Crippen molar-refractivity contribution >= 4 is 17.1 Å². The molecule has 2 N–H and O–H groups in total. The van der Waals surface area contributed by atoms with Gasteiger partial charge in [-0.1, -0.05) is 32.0 Å². The van der Waals surface area contributed by atoms with Crippen molar-refractivity contribution in [3.05, 3.63) is 53.6 Å². The summed E-state index contributed by atoms with van der Waals surface area (Å²) in [5.74, 6) is 0.686. The van der Waals surface area contributed by atoms with Gasteiger partial charge in [0, 0.05) is 12.7 Å². The number of rotatable bonds is 4. The maximum absolute atomic E-state index is 6.08. The molecule has 2 aromatic rings. The number of hydrogen-bond donors (Lipinski definition) is 1. The monoisotopic (exact) mass is 268 g/mol. The molecule has 0 saturated carbocycles. The Labute approximate surface area is 122 Å². The van der Waals surface area contributed by atoms with Gasteiger partial charge < -0.3 is 10.6 Å². The molecule has 20 heavy (non-hydrogen) atoms. The molecule has 2 nitrogen and oxygen atoms in total. The molecule has 0 bridgehead atoms. The molecule has 0 radical (unpaired) electrons. The largest absolute Gasteiger partial charge is 0.397 e. The Morgan fingerprint density at radius 2 is 1.70 bits per heavy atom. The first-order chi connectivity index (χ1) is 9.47. The second-order valence-corrected chi connectivity index (χ2v) is 5.89. The molecule has 2 rings (SSSR count). The normalized spacial score (nSPS) is 10.8. The minimum Gasteiger partial charge on any atom is -0.397 e. The van der Waals surface area contributed by atoms with Gasteiger partial charge in [0.05, 0.1) is 11.4 Å². The summed E-state index contributed by atoms with van der Waals surface area (Å²) in [7, 11) is 2.06. The summed E-state index contributed by atoms with van der Waals surface area (Å²) in [6.45, 7) is 6.57. The summed E-state index contributed by atoms with van der Waals surface area (Å²) >= 11 is 0. The Morgan fingerprint density at radius 3 is 2.30 bits per heavy atom. The van der Waals surface area contributed by atoms with Gasteiger partial charge in [0.15, 0.2) is 0 Å². The highest BCUT2D eigenvalue weighted by Gasteiger charge is 2.08. The predicted molar refractivity (Wildman–Crippen MR) is 88.6 cm³/mol. The standard InChI is InChI=1S/C18H24N2/c1-13(2)11-15-6-8-16(9-7-15)20(4)18-12-14(3)5-10-17(18)19/h5-10,12-13H,11,19H2,1-4H3. The average Bonchev–Trinajstić information content (AvgIpc) is 2.41. The van der Waals surface area contributed by atoms with Crippen LogP contribution in [0.2, 0.25) is 0 Å². The number of nitrogens with two attached hydrogens (primary N) is 1. The molecule has 0 aliphatic carbocycles. The zero-order chi connectivity index (χ0) is 14.7. The number of nitrogens with zero attached hydrogens (tertiary/aromatic N) is 1. The molecule has 0 fully saturated rings. The second-order valence-electron chi connectivity index (χ2n) is 5.89. The zero-order valence-electron chi connectivity index (χ0n) is 12.9. The number of hydrogen-bond acceptors (Lipinski definition) is 2. The lowest BCUT2D eigenvalue weighted by Crippen LogP contribution is -2.11. The van der Waals surface area contributed by atoms with Gasteiger partial charge in [-0.2, -0.15) is 0 Å². The summed E-state index contributed by atoms with van der Waals surface area (Å²) in [6.07, 6.45) is 1.12. The van der Waals surface area contributed by atoms with Crippen LogP contribution in [-0.2, 0) is 6.42 Å². The van der Waals surface area contributed by atoms with Gasteiger partial charge in [-0.3, -0.25) is 0 Å². The predicted octanol–water partition coefficient (Wildman–Crippen LogP) is 4.54. The number of aryl methyl sites for hydroxylation is 1. The molecule has 0 unspecified atom stereocenters. The minimum absolute atomic E-state index is 0.686. The van der Waals surface area contributed by atoms with Crippen LogP contribution >= 0.6 is 0 Å². The Bertz CT molecular complexity index is 570. The van der Waals surface area contributed by atoms with Crippen molar-refractivity contribution in [3.63, 3.8) is 0 Å². The van der Waals surface area contributed by atoms with Crippen LogP contribution < -0.4 is 10.6 Å². The molecule has 0 spiro atoms. The maximum atomic E-state index is 6.08. The van der Waals surface area contributed by atoms with Crippen LogP contribution in [0.4, 0.5) is 17.1 Å². The summed E-state index contributed by atoms with van der Waals surface area (Å²) < 4.78 is 0. The number of anilines is 3. The summed E-state index contributed by atoms with van der Waals surface area (Å²) in [4.78, 5) is 2.14. The van der Waals surface area contributed by atoms with Gasteiger partial charge >= 0.3 is 0 Å². The van der Waals surface area contributed by atoms with Crippen LogP contribution in [0.25, 0.3) is 0 Å². The quantitative estimate of drug-likeness (QED) is 0.825. The van der Waals surface area contributed by atoms with E-state index in [-0.39, 0.29) is 0 Å². The molecule has 106 valence electrons. The van der Waals surface area contributed by atoms with Crippen LogP contribution in [0.3, 0.4) is 0 Å². The van der Waals surface area contributed by atoms with E-state index in [1.807, 2.05) is 12.1 Å². The molecular formula is C18H24N2. The van der Waals surface area contributed by atoms with E-state index < -0.39 is 0 Å². The van der Waals surface area contributed by atoms with E-state index in [0.717, 1.165) is 23.5 Å². The Kier molecular flexibility index (Phi) is 4.33. The first-order valence-corrected chi connectivity index (χ1v) is 7.16. The highest BCUT2D eigenvalue weighted by molar-refractivity contribution is 5.75. The maximum Gasteiger partial charge on any atom is 0.0644 e. The van der Waals surface area contributed by atoms with Gasteiger partial charge in [-0.15, -0.1) is 0 Å². The van der Waals surface area contributed by atoms with Crippen LogP contribution in [0.15, 0.2) is 42.5 Å². The molecule has 2 heteroatoms. The third-order valence-corrected chi connectivity index (χ3v) is 3.51. The smallest absolute Gasteiger partial charge is 0.0644 e. The van der Waals surface area contributed by atoms with Crippen molar-refractivity contribution in [1.82, 2.24) is 0 Å². The van der Waals surface area contributed by atoms with Crippen LogP contribution in [0, 0.1) is 12.8 Å². The molecule has 0 aromatic heterocycles. The lowest BCUT2D eigenvalue weighted by atomic mass is 10.0. The number of nitrogen functional groups attached to an aromatic ring is 1. The van der Waals surface area contributed by atoms with E-state index in [0.29, 0.717) is 5.92 Å². The van der Waals surface area contributed by atoms with E-state index in [1.165, 1.54) is 11.1 Å². The Hall–Kier alpha value is -1.96. The Morgan fingerprint density at radius 1 is 1.05 bits per heavy atom. The van der Waals surface area contributed by atoms with Gasteiger partial charge in [-0.25, -0.2) is 0 Å². The molecule has 0 atom stereocenters. The summed E-state index contributed by atoms with van der Waals surface area (Å²) in [6, 6.07) is 14.9. The summed E-state index contributed by atoms with van der Waals surface area (Å²) in [5, 5.41) is 0. The lowest BCUT2D eigenvalue weighted by Gasteiger charge is -2.22. The first kappa shape index (κ1) is 14.4. The summed E-state index contributed by atoms with van der Waals surface area (Å²) in [5.41, 5.74) is 11.7. The molecule has 0 aliphatic heterocycles. The zero-order valence-corrected chi connectivity index (χ0v) is 12.9. The van der Waals surface area contributed by atoms with E-state index in [4.69, 9.17) is 5.73 Å². The van der Waals surface area contributed by atoms with Crippen molar-refractivity contribution in [2.45, 2.75) is 27.2 Å². The van der Waals surface area contributed by atoms with Crippen molar-refractivity contribution < 1.29 is 0 Å². The average molecular weight is 268 g/mol. The van der Waals surface area contributed by atoms with Gasteiger partial charge in [0.25, 0.3) is 0 Å². The van der Waals surface area contributed by atoms with Gasteiger partial charge in [0.1, 0.15) is 0 Å². The van der Waals surface area contributed by atoms with Crippen molar-refractivity contribution in [2.75, 3.05) is 17.7 Å². The molecule has 0 heterocycles. The van der Waals surface area contributed by atoms with Crippen LogP contribution in [0.5, 0.6) is 0 Å². The third kappa shape index (κ3) is 3.32. The first-order valence-electron chi connectivity index (χ1n) is 7.16. The van der Waals surface area contributed by atoms with E-state index in [2.05, 4.69) is 63.1 Å². The second kappa shape index (κ2) is 6.00. The highest BCUT2D eigenvalue weighted by Crippen LogP contribution is 2.30. The minimum atomic E-state index is 0.686. The number of benzene rings is 2.